The van der Waals surface area contributed by atoms with Gasteiger partial charge in [0.25, 0.3) is 0 Å². The van der Waals surface area contributed by atoms with Crippen molar-refractivity contribution in [2.45, 2.75) is 17.9 Å². The van der Waals surface area contributed by atoms with Crippen LogP contribution in [-0.2, 0) is 9.59 Å². The van der Waals surface area contributed by atoms with E-state index in [1.807, 2.05) is 0 Å². The summed E-state index contributed by atoms with van der Waals surface area (Å²) >= 11 is 1.22. The van der Waals surface area contributed by atoms with E-state index in [-0.39, 0.29) is 17.5 Å². The molecule has 0 radical (unpaired) electrons. The predicted molar refractivity (Wildman–Crippen MR) is 62.4 cm³/mol. The third-order valence-corrected chi connectivity index (χ3v) is 2.94. The lowest BCUT2D eigenvalue weighted by Crippen LogP contribution is -2.39. The standard InChI is InChI=1S/C11H12FNO3S/c1-7(11(15)16)13-10(14)6-17-9-4-2-8(12)3-5-9/h2-5,7H,6H2,1H3,(H,13,14)(H,15,16)/t7-/m1/s1. The van der Waals surface area contributed by atoms with Gasteiger partial charge >= 0.3 is 5.97 Å². The molecule has 0 heterocycles. The van der Waals surface area contributed by atoms with Crippen molar-refractivity contribution in [1.29, 1.82) is 0 Å². The second-order valence-electron chi connectivity index (χ2n) is 3.37. The Hall–Kier alpha value is -1.56. The zero-order valence-corrected chi connectivity index (χ0v) is 9.96. The van der Waals surface area contributed by atoms with Crippen molar-refractivity contribution >= 4 is 23.6 Å². The molecule has 1 amide bonds. The maximum atomic E-state index is 12.6. The lowest BCUT2D eigenvalue weighted by molar-refractivity contribution is -0.140. The highest BCUT2D eigenvalue weighted by molar-refractivity contribution is 8.00. The molecule has 0 bridgehead atoms. The van der Waals surface area contributed by atoms with Crippen molar-refractivity contribution in [2.24, 2.45) is 0 Å². The molecule has 1 aromatic rings. The van der Waals surface area contributed by atoms with Crippen LogP contribution in [0.1, 0.15) is 6.92 Å². The van der Waals surface area contributed by atoms with E-state index in [9.17, 15) is 14.0 Å². The van der Waals surface area contributed by atoms with Gasteiger partial charge in [-0.1, -0.05) is 0 Å². The van der Waals surface area contributed by atoms with E-state index >= 15 is 0 Å². The molecule has 0 saturated heterocycles. The summed E-state index contributed by atoms with van der Waals surface area (Å²) in [6.45, 7) is 1.39. The number of carboxylic acid groups (broad SMARTS) is 1. The van der Waals surface area contributed by atoms with Gasteiger partial charge in [-0.2, -0.15) is 0 Å². The Labute approximate surface area is 102 Å². The van der Waals surface area contributed by atoms with Crippen LogP contribution in [0.5, 0.6) is 0 Å². The minimum Gasteiger partial charge on any atom is -0.480 e. The van der Waals surface area contributed by atoms with Crippen molar-refractivity contribution in [3.05, 3.63) is 30.1 Å². The maximum Gasteiger partial charge on any atom is 0.325 e. The van der Waals surface area contributed by atoms with Crippen LogP contribution < -0.4 is 5.32 Å². The molecule has 0 aliphatic heterocycles. The molecule has 0 aliphatic rings. The first-order valence-electron chi connectivity index (χ1n) is 4.89. The predicted octanol–water partition coefficient (Wildman–Crippen LogP) is 1.51. The first-order valence-corrected chi connectivity index (χ1v) is 5.88. The van der Waals surface area contributed by atoms with Crippen LogP contribution in [-0.4, -0.2) is 28.8 Å². The first-order chi connectivity index (χ1) is 7.99. The fourth-order valence-corrected chi connectivity index (χ4v) is 1.73. The molecule has 0 aromatic heterocycles. The summed E-state index contributed by atoms with van der Waals surface area (Å²) in [6, 6.07) is 4.83. The van der Waals surface area contributed by atoms with E-state index in [0.29, 0.717) is 0 Å². The SMILES string of the molecule is C[C@@H](NC(=O)CSc1ccc(F)cc1)C(=O)O. The molecule has 6 heteroatoms. The van der Waals surface area contributed by atoms with Gasteiger partial charge in [0.05, 0.1) is 5.75 Å². The van der Waals surface area contributed by atoms with Crippen molar-refractivity contribution in [1.82, 2.24) is 5.32 Å². The Morgan fingerprint density at radius 2 is 2.00 bits per heavy atom. The number of amides is 1. The van der Waals surface area contributed by atoms with E-state index in [2.05, 4.69) is 5.32 Å². The third kappa shape index (κ3) is 4.86. The van der Waals surface area contributed by atoms with E-state index < -0.39 is 12.0 Å². The van der Waals surface area contributed by atoms with Crippen LogP contribution in [0.25, 0.3) is 0 Å². The van der Waals surface area contributed by atoms with Crippen LogP contribution in [0.15, 0.2) is 29.2 Å². The number of carboxylic acids is 1. The van der Waals surface area contributed by atoms with Gasteiger partial charge in [-0.3, -0.25) is 9.59 Å². The molecule has 0 fully saturated rings. The van der Waals surface area contributed by atoms with E-state index in [4.69, 9.17) is 5.11 Å². The first kappa shape index (κ1) is 13.5. The number of aliphatic carboxylic acids is 1. The quantitative estimate of drug-likeness (QED) is 0.785. The number of carbonyl (C=O) groups is 2. The summed E-state index contributed by atoms with van der Waals surface area (Å²) in [7, 11) is 0. The van der Waals surface area contributed by atoms with Crippen molar-refractivity contribution in [2.75, 3.05) is 5.75 Å². The zero-order chi connectivity index (χ0) is 12.8. The van der Waals surface area contributed by atoms with Gasteiger partial charge in [0, 0.05) is 4.90 Å². The second-order valence-corrected chi connectivity index (χ2v) is 4.42. The molecule has 1 aromatic carbocycles. The fourth-order valence-electron chi connectivity index (χ4n) is 1.02. The number of hydrogen-bond acceptors (Lipinski definition) is 3. The van der Waals surface area contributed by atoms with E-state index in [1.54, 1.807) is 12.1 Å². The lowest BCUT2D eigenvalue weighted by atomic mass is 10.3. The van der Waals surface area contributed by atoms with Gasteiger partial charge in [0.15, 0.2) is 0 Å². The molecule has 0 unspecified atom stereocenters. The summed E-state index contributed by atoms with van der Waals surface area (Å²) in [5.41, 5.74) is 0. The summed E-state index contributed by atoms with van der Waals surface area (Å²) < 4.78 is 12.6. The van der Waals surface area contributed by atoms with Crippen LogP contribution in [0.2, 0.25) is 0 Å². The second kappa shape index (κ2) is 6.24. The molecular formula is C11H12FNO3S. The van der Waals surface area contributed by atoms with E-state index in [1.165, 1.54) is 30.8 Å². The van der Waals surface area contributed by atoms with Crippen LogP contribution in [0.4, 0.5) is 4.39 Å². The maximum absolute atomic E-state index is 12.6. The highest BCUT2D eigenvalue weighted by Gasteiger charge is 2.13. The minimum absolute atomic E-state index is 0.100. The average molecular weight is 257 g/mol. The number of nitrogens with one attached hydrogen (secondary N) is 1. The fraction of sp³-hybridized carbons (Fsp3) is 0.273. The Kier molecular flexibility index (Phi) is 4.96. The number of hydrogen-bond donors (Lipinski definition) is 2. The molecule has 2 N–H and O–H groups in total. The largest absolute Gasteiger partial charge is 0.480 e. The normalized spacial score (nSPS) is 11.9. The van der Waals surface area contributed by atoms with Crippen LogP contribution >= 0.6 is 11.8 Å². The minimum atomic E-state index is -1.08. The van der Waals surface area contributed by atoms with Gasteiger partial charge in [-0.15, -0.1) is 11.8 Å². The average Bonchev–Trinajstić information content (AvgIpc) is 2.28. The number of thioether (sulfide) groups is 1. The van der Waals surface area contributed by atoms with Gasteiger partial charge in [-0.05, 0) is 31.2 Å². The molecule has 92 valence electrons. The lowest BCUT2D eigenvalue weighted by Gasteiger charge is -2.08. The molecule has 0 spiro atoms. The van der Waals surface area contributed by atoms with Gasteiger partial charge < -0.3 is 10.4 Å². The van der Waals surface area contributed by atoms with Crippen LogP contribution in [0, 0.1) is 5.82 Å². The summed E-state index contributed by atoms with van der Waals surface area (Å²) in [5, 5.41) is 10.9. The van der Waals surface area contributed by atoms with Crippen molar-refractivity contribution in [3.8, 4) is 0 Å². The summed E-state index contributed by atoms with van der Waals surface area (Å²) in [5.74, 6) is -1.68. The molecular weight excluding hydrogens is 245 g/mol. The number of benzene rings is 1. The monoisotopic (exact) mass is 257 g/mol. The third-order valence-electron chi connectivity index (χ3n) is 1.93. The Morgan fingerprint density at radius 1 is 1.41 bits per heavy atom. The molecule has 1 atom stereocenters. The smallest absolute Gasteiger partial charge is 0.325 e. The highest BCUT2D eigenvalue weighted by atomic mass is 32.2. The van der Waals surface area contributed by atoms with Gasteiger partial charge in [0.2, 0.25) is 5.91 Å². The number of rotatable bonds is 5. The van der Waals surface area contributed by atoms with Crippen molar-refractivity contribution < 1.29 is 19.1 Å². The highest BCUT2D eigenvalue weighted by Crippen LogP contribution is 2.17. The number of carbonyl (C=O) groups excluding carboxylic acids is 1. The molecule has 4 nitrogen and oxygen atoms in total. The molecule has 0 aliphatic carbocycles. The Balaban J connectivity index is 2.38. The zero-order valence-electron chi connectivity index (χ0n) is 9.14. The van der Waals surface area contributed by atoms with Crippen LogP contribution in [0.3, 0.4) is 0 Å². The van der Waals surface area contributed by atoms with E-state index in [0.717, 1.165) is 4.90 Å². The topological polar surface area (TPSA) is 66.4 Å². The summed E-state index contributed by atoms with van der Waals surface area (Å²) in [4.78, 5) is 22.6. The molecule has 0 saturated carbocycles. The van der Waals surface area contributed by atoms with Gasteiger partial charge in [-0.25, -0.2) is 4.39 Å². The Bertz CT molecular complexity index is 408. The number of halogens is 1. The van der Waals surface area contributed by atoms with Crippen molar-refractivity contribution in [3.63, 3.8) is 0 Å². The Morgan fingerprint density at radius 3 is 2.53 bits per heavy atom. The molecule has 17 heavy (non-hydrogen) atoms. The molecule has 1 rings (SSSR count). The van der Waals surface area contributed by atoms with Gasteiger partial charge in [0.1, 0.15) is 11.9 Å². The summed E-state index contributed by atoms with van der Waals surface area (Å²) in [6.07, 6.45) is 0.